The molecule has 5 nitrogen and oxygen atoms in total. The third-order valence-corrected chi connectivity index (χ3v) is 5.64. The van der Waals surface area contributed by atoms with Crippen molar-refractivity contribution >= 4 is 22.4 Å². The summed E-state index contributed by atoms with van der Waals surface area (Å²) in [4.78, 5) is 17.9. The number of benzene rings is 2. The molecule has 0 N–H and O–H groups in total. The second-order valence-electron chi connectivity index (χ2n) is 7.87. The van der Waals surface area contributed by atoms with E-state index in [1.807, 2.05) is 49.4 Å². The first-order valence-corrected chi connectivity index (χ1v) is 10.4. The maximum absolute atomic E-state index is 12.8. The molecule has 2 aromatic heterocycles. The summed E-state index contributed by atoms with van der Waals surface area (Å²) >= 11 is 1.35. The summed E-state index contributed by atoms with van der Waals surface area (Å²) < 4.78 is 7.47. The van der Waals surface area contributed by atoms with E-state index in [1.165, 1.54) is 21.4 Å². The van der Waals surface area contributed by atoms with Gasteiger partial charge in [-0.3, -0.25) is 4.79 Å². The van der Waals surface area contributed by atoms with E-state index in [0.717, 1.165) is 16.9 Å². The van der Waals surface area contributed by atoms with Gasteiger partial charge in [-0.1, -0.05) is 56.4 Å². The number of nitrogens with zero attached hydrogens (tertiary/aromatic N) is 3. The van der Waals surface area contributed by atoms with Gasteiger partial charge in [0, 0.05) is 5.56 Å². The molecular weight excluding hydrogens is 382 g/mol. The van der Waals surface area contributed by atoms with Crippen LogP contribution in [0, 0.1) is 0 Å². The fraction of sp³-hybridized carbons (Fsp3) is 0.261. The number of fused-ring (bicyclic) bond motifs is 1. The molecule has 29 heavy (non-hydrogen) atoms. The molecule has 0 spiro atoms. The van der Waals surface area contributed by atoms with E-state index in [4.69, 9.17) is 4.74 Å². The van der Waals surface area contributed by atoms with E-state index in [-0.39, 0.29) is 11.0 Å². The van der Waals surface area contributed by atoms with E-state index in [1.54, 1.807) is 0 Å². The Morgan fingerprint density at radius 1 is 1.07 bits per heavy atom. The van der Waals surface area contributed by atoms with Crippen molar-refractivity contribution in [2.75, 3.05) is 6.61 Å². The fourth-order valence-corrected chi connectivity index (χ4v) is 3.96. The molecule has 4 rings (SSSR count). The molecule has 0 aliphatic carbocycles. The highest BCUT2D eigenvalue weighted by Crippen LogP contribution is 2.23. The van der Waals surface area contributed by atoms with Gasteiger partial charge in [0.15, 0.2) is 5.82 Å². The van der Waals surface area contributed by atoms with E-state index in [9.17, 15) is 4.79 Å². The molecule has 0 bridgehead atoms. The SMILES string of the molecule is CCOc1ccc(-c2nc3s/c(=C\c4ccc(C(C)(C)C)cc4)c(=O)n3n2)cc1. The predicted molar refractivity (Wildman–Crippen MR) is 118 cm³/mol. The molecule has 0 saturated carbocycles. The Kier molecular flexibility index (Phi) is 4.96. The lowest BCUT2D eigenvalue weighted by Gasteiger charge is -2.18. The first-order chi connectivity index (χ1) is 13.8. The number of aromatic nitrogens is 3. The lowest BCUT2D eigenvalue weighted by Crippen LogP contribution is -2.23. The molecule has 4 aromatic rings. The minimum atomic E-state index is -0.144. The molecule has 0 amide bonds. The topological polar surface area (TPSA) is 56.5 Å². The van der Waals surface area contributed by atoms with Crippen molar-refractivity contribution in [3.8, 4) is 17.1 Å². The molecule has 0 aliphatic rings. The molecule has 0 saturated heterocycles. The quantitative estimate of drug-likeness (QED) is 0.514. The van der Waals surface area contributed by atoms with Crippen LogP contribution in [0.4, 0.5) is 0 Å². The minimum Gasteiger partial charge on any atom is -0.494 e. The zero-order valence-corrected chi connectivity index (χ0v) is 17.8. The maximum atomic E-state index is 12.8. The summed E-state index contributed by atoms with van der Waals surface area (Å²) in [6.07, 6.45) is 1.90. The molecular formula is C23H23N3O2S. The van der Waals surface area contributed by atoms with Crippen LogP contribution >= 0.6 is 11.3 Å². The van der Waals surface area contributed by atoms with Crippen molar-refractivity contribution in [1.29, 1.82) is 0 Å². The number of rotatable bonds is 4. The van der Waals surface area contributed by atoms with Gasteiger partial charge in [-0.25, -0.2) is 0 Å². The van der Waals surface area contributed by atoms with Gasteiger partial charge in [-0.15, -0.1) is 5.10 Å². The van der Waals surface area contributed by atoms with Crippen LogP contribution in [-0.4, -0.2) is 21.2 Å². The van der Waals surface area contributed by atoms with Crippen LogP contribution in [0.25, 0.3) is 22.4 Å². The first kappa shape index (κ1) is 19.3. The summed E-state index contributed by atoms with van der Waals surface area (Å²) in [5.74, 6) is 1.34. The first-order valence-electron chi connectivity index (χ1n) is 9.60. The summed E-state index contributed by atoms with van der Waals surface area (Å²) in [6.45, 7) is 9.12. The van der Waals surface area contributed by atoms with Crippen LogP contribution in [0.1, 0.15) is 38.8 Å². The van der Waals surface area contributed by atoms with Crippen molar-refractivity contribution < 1.29 is 4.74 Å². The maximum Gasteiger partial charge on any atom is 0.291 e. The molecule has 0 unspecified atom stereocenters. The number of hydrogen-bond donors (Lipinski definition) is 0. The molecule has 0 radical (unpaired) electrons. The normalized spacial score (nSPS) is 12.6. The van der Waals surface area contributed by atoms with Gasteiger partial charge in [-0.05, 0) is 53.8 Å². The third-order valence-electron chi connectivity index (χ3n) is 4.68. The highest BCUT2D eigenvalue weighted by Gasteiger charge is 2.14. The van der Waals surface area contributed by atoms with Gasteiger partial charge >= 0.3 is 0 Å². The predicted octanol–water partition coefficient (Wildman–Crippen LogP) is 4.06. The average Bonchev–Trinajstić information content (AvgIpc) is 3.22. The fourth-order valence-electron chi connectivity index (χ4n) is 3.05. The monoisotopic (exact) mass is 405 g/mol. The van der Waals surface area contributed by atoms with Crippen LogP contribution in [-0.2, 0) is 5.41 Å². The summed E-state index contributed by atoms with van der Waals surface area (Å²) in [5, 5.41) is 4.41. The zero-order chi connectivity index (χ0) is 20.6. The highest BCUT2D eigenvalue weighted by atomic mass is 32.1. The number of thiazole rings is 1. The Hall–Kier alpha value is -2.99. The van der Waals surface area contributed by atoms with Crippen LogP contribution < -0.4 is 14.8 Å². The molecule has 6 heteroatoms. The summed E-state index contributed by atoms with van der Waals surface area (Å²) in [5.41, 5.74) is 3.07. The zero-order valence-electron chi connectivity index (χ0n) is 17.0. The standard InChI is InChI=1S/C23H23N3O2S/c1-5-28-18-12-8-16(9-13-18)20-24-22-26(25-20)21(27)19(29-22)14-15-6-10-17(11-7-15)23(2,3)4/h6-14H,5H2,1-4H3/b19-14-. The Balaban J connectivity index is 1.66. The molecule has 0 atom stereocenters. The smallest absolute Gasteiger partial charge is 0.291 e. The number of ether oxygens (including phenoxy) is 1. The molecule has 0 fully saturated rings. The highest BCUT2D eigenvalue weighted by molar-refractivity contribution is 7.15. The van der Waals surface area contributed by atoms with E-state index >= 15 is 0 Å². The third kappa shape index (κ3) is 3.93. The lowest BCUT2D eigenvalue weighted by molar-refractivity contribution is 0.340. The van der Waals surface area contributed by atoms with Crippen molar-refractivity contribution in [3.05, 3.63) is 74.5 Å². The Bertz CT molecular complexity index is 1250. The van der Waals surface area contributed by atoms with Gasteiger partial charge in [0.1, 0.15) is 5.75 Å². The van der Waals surface area contributed by atoms with Crippen molar-refractivity contribution in [2.45, 2.75) is 33.1 Å². The van der Waals surface area contributed by atoms with Gasteiger partial charge < -0.3 is 4.74 Å². The largest absolute Gasteiger partial charge is 0.494 e. The Morgan fingerprint density at radius 3 is 2.34 bits per heavy atom. The van der Waals surface area contributed by atoms with Crippen LogP contribution in [0.15, 0.2) is 53.3 Å². The summed E-state index contributed by atoms with van der Waals surface area (Å²) in [6, 6.07) is 15.9. The summed E-state index contributed by atoms with van der Waals surface area (Å²) in [7, 11) is 0. The lowest BCUT2D eigenvalue weighted by atomic mass is 9.87. The Morgan fingerprint density at radius 2 is 1.76 bits per heavy atom. The van der Waals surface area contributed by atoms with Gasteiger partial charge in [0.25, 0.3) is 5.56 Å². The van der Waals surface area contributed by atoms with E-state index in [2.05, 4.69) is 43.0 Å². The Labute approximate surface area is 173 Å². The van der Waals surface area contributed by atoms with Crippen LogP contribution in [0.2, 0.25) is 0 Å². The van der Waals surface area contributed by atoms with Crippen molar-refractivity contribution in [2.24, 2.45) is 0 Å². The minimum absolute atomic E-state index is 0.104. The van der Waals surface area contributed by atoms with Gasteiger partial charge in [0.05, 0.1) is 11.1 Å². The van der Waals surface area contributed by atoms with Crippen molar-refractivity contribution in [1.82, 2.24) is 14.6 Å². The molecule has 2 aromatic carbocycles. The van der Waals surface area contributed by atoms with Crippen LogP contribution in [0.5, 0.6) is 5.75 Å². The molecule has 2 heterocycles. The molecule has 0 aliphatic heterocycles. The van der Waals surface area contributed by atoms with E-state index in [0.29, 0.717) is 21.9 Å². The second-order valence-corrected chi connectivity index (χ2v) is 8.88. The molecule has 148 valence electrons. The average molecular weight is 406 g/mol. The van der Waals surface area contributed by atoms with E-state index < -0.39 is 0 Å². The second kappa shape index (κ2) is 7.44. The van der Waals surface area contributed by atoms with Crippen LogP contribution in [0.3, 0.4) is 0 Å². The van der Waals surface area contributed by atoms with Gasteiger partial charge in [-0.2, -0.15) is 9.50 Å². The van der Waals surface area contributed by atoms with Crippen molar-refractivity contribution in [3.63, 3.8) is 0 Å². The number of hydrogen-bond acceptors (Lipinski definition) is 5. The van der Waals surface area contributed by atoms with Gasteiger partial charge in [0.2, 0.25) is 4.96 Å².